The van der Waals surface area contributed by atoms with Gasteiger partial charge in [-0.2, -0.15) is 0 Å². The van der Waals surface area contributed by atoms with Crippen molar-refractivity contribution >= 4 is 56.4 Å². The van der Waals surface area contributed by atoms with Gasteiger partial charge < -0.3 is 21.1 Å². The van der Waals surface area contributed by atoms with Crippen molar-refractivity contribution in [3.8, 4) is 0 Å². The Kier molecular flexibility index (Phi) is 9.26. The fraction of sp³-hybridized carbons (Fsp3) is 0.107. The van der Waals surface area contributed by atoms with Crippen LogP contribution in [-0.4, -0.2) is 36.6 Å². The zero-order chi connectivity index (χ0) is 28.7. The molecule has 0 aliphatic heterocycles. The lowest BCUT2D eigenvalue weighted by Gasteiger charge is -2.17. The molecule has 0 spiro atoms. The number of para-hydroxylation sites is 1. The standard InChI is InChI=1S/C28H24Cl2N4O5S/c29-22-16-31-17-23(30)21(22)15-32-19-12-10-18(11-13-19)14-25(27(35)36)34-28(37)33-24-8-4-5-9-26(24)40(38,39)20-6-2-1-3-7-20/h1-13,16-17,25,32H,14-15H2,(H,35,36)(H2,33,34,37). The van der Waals surface area contributed by atoms with Gasteiger partial charge in [0.25, 0.3) is 0 Å². The molecule has 1 aromatic heterocycles. The highest BCUT2D eigenvalue weighted by Crippen LogP contribution is 2.28. The van der Waals surface area contributed by atoms with Gasteiger partial charge in [0.2, 0.25) is 9.84 Å². The first kappa shape index (κ1) is 28.9. The van der Waals surface area contributed by atoms with Crippen LogP contribution >= 0.6 is 23.2 Å². The van der Waals surface area contributed by atoms with Crippen molar-refractivity contribution in [2.24, 2.45) is 0 Å². The molecule has 0 saturated carbocycles. The Bertz CT molecular complexity index is 1600. The quantitative estimate of drug-likeness (QED) is 0.185. The van der Waals surface area contributed by atoms with Crippen LogP contribution in [0.15, 0.2) is 101 Å². The van der Waals surface area contributed by atoms with Crippen molar-refractivity contribution in [1.29, 1.82) is 0 Å². The van der Waals surface area contributed by atoms with Gasteiger partial charge in [-0.15, -0.1) is 0 Å². The number of pyridine rings is 1. The van der Waals surface area contributed by atoms with Crippen LogP contribution in [0, 0.1) is 0 Å². The van der Waals surface area contributed by atoms with Crippen LogP contribution in [0.3, 0.4) is 0 Å². The lowest BCUT2D eigenvalue weighted by atomic mass is 10.1. The highest BCUT2D eigenvalue weighted by Gasteiger charge is 2.24. The van der Waals surface area contributed by atoms with E-state index in [-0.39, 0.29) is 21.9 Å². The van der Waals surface area contributed by atoms with E-state index in [9.17, 15) is 23.1 Å². The molecule has 4 aromatic rings. The maximum atomic E-state index is 13.1. The van der Waals surface area contributed by atoms with Crippen LogP contribution in [0.4, 0.5) is 16.2 Å². The molecule has 0 bridgehead atoms. The number of urea groups is 1. The molecular formula is C28H24Cl2N4O5S. The molecule has 4 N–H and O–H groups in total. The van der Waals surface area contributed by atoms with E-state index in [0.717, 1.165) is 5.69 Å². The predicted octanol–water partition coefficient (Wildman–Crippen LogP) is 5.65. The van der Waals surface area contributed by atoms with Crippen molar-refractivity contribution in [2.45, 2.75) is 28.8 Å². The monoisotopic (exact) mass is 598 g/mol. The maximum absolute atomic E-state index is 13.1. The maximum Gasteiger partial charge on any atom is 0.326 e. The molecule has 12 heteroatoms. The van der Waals surface area contributed by atoms with E-state index >= 15 is 0 Å². The first-order chi connectivity index (χ1) is 19.1. The molecule has 0 radical (unpaired) electrons. The Morgan fingerprint density at radius 1 is 0.875 bits per heavy atom. The number of sulfone groups is 1. The zero-order valence-corrected chi connectivity index (χ0v) is 23.2. The number of carboxylic acids is 1. The number of amides is 2. The molecule has 1 unspecified atom stereocenters. The summed E-state index contributed by atoms with van der Waals surface area (Å²) >= 11 is 12.3. The molecule has 0 saturated heterocycles. The highest BCUT2D eigenvalue weighted by atomic mass is 35.5. The number of anilines is 2. The fourth-order valence-electron chi connectivity index (χ4n) is 3.84. The molecule has 0 fully saturated rings. The van der Waals surface area contributed by atoms with Crippen LogP contribution in [-0.2, 0) is 27.6 Å². The highest BCUT2D eigenvalue weighted by molar-refractivity contribution is 7.91. The number of halogens is 2. The molecule has 0 aliphatic rings. The first-order valence-corrected chi connectivity index (χ1v) is 14.2. The van der Waals surface area contributed by atoms with Crippen molar-refractivity contribution in [3.05, 3.63) is 112 Å². The average Bonchev–Trinajstić information content (AvgIpc) is 2.94. The minimum atomic E-state index is -3.92. The van der Waals surface area contributed by atoms with Crippen molar-refractivity contribution in [3.63, 3.8) is 0 Å². The Morgan fingerprint density at radius 2 is 1.50 bits per heavy atom. The Labute approximate surface area is 241 Å². The van der Waals surface area contributed by atoms with E-state index in [1.54, 1.807) is 48.5 Å². The Balaban J connectivity index is 1.41. The van der Waals surface area contributed by atoms with Gasteiger partial charge in [-0.3, -0.25) is 4.98 Å². The third-order valence-electron chi connectivity index (χ3n) is 5.90. The van der Waals surface area contributed by atoms with Gasteiger partial charge in [0, 0.05) is 36.6 Å². The number of benzene rings is 3. The Hall–Kier alpha value is -4.12. The summed E-state index contributed by atoms with van der Waals surface area (Å²) in [5.74, 6) is -1.25. The summed E-state index contributed by atoms with van der Waals surface area (Å²) in [5, 5.41) is 18.7. The number of hydrogen-bond acceptors (Lipinski definition) is 6. The van der Waals surface area contributed by atoms with Crippen molar-refractivity contribution < 1.29 is 23.1 Å². The number of carboxylic acid groups (broad SMARTS) is 1. The predicted molar refractivity (Wildman–Crippen MR) is 154 cm³/mol. The number of aromatic nitrogens is 1. The Morgan fingerprint density at radius 3 is 2.15 bits per heavy atom. The second-order valence-corrected chi connectivity index (χ2v) is 11.4. The molecule has 206 valence electrons. The SMILES string of the molecule is O=C(Nc1ccccc1S(=O)(=O)c1ccccc1)NC(Cc1ccc(NCc2c(Cl)cncc2Cl)cc1)C(=O)O. The van der Waals surface area contributed by atoms with Gasteiger partial charge in [-0.1, -0.05) is 65.7 Å². The summed E-state index contributed by atoms with van der Waals surface area (Å²) in [6, 6.07) is 18.6. The molecular weight excluding hydrogens is 575 g/mol. The molecule has 0 aliphatic carbocycles. The molecule has 1 atom stereocenters. The van der Waals surface area contributed by atoms with Crippen molar-refractivity contribution in [1.82, 2.24) is 10.3 Å². The number of aliphatic carboxylic acids is 1. The number of carbonyl (C=O) groups is 2. The fourth-order valence-corrected chi connectivity index (χ4v) is 5.77. The average molecular weight is 599 g/mol. The van der Waals surface area contributed by atoms with Gasteiger partial charge in [-0.25, -0.2) is 18.0 Å². The summed E-state index contributed by atoms with van der Waals surface area (Å²) in [7, 11) is -3.92. The third kappa shape index (κ3) is 7.09. The normalized spacial score (nSPS) is 11.8. The van der Waals surface area contributed by atoms with Gasteiger partial charge in [0.1, 0.15) is 6.04 Å². The van der Waals surface area contributed by atoms with Gasteiger partial charge in [-0.05, 0) is 42.0 Å². The summed E-state index contributed by atoms with van der Waals surface area (Å²) < 4.78 is 26.2. The van der Waals surface area contributed by atoms with Crippen LogP contribution in [0.25, 0.3) is 0 Å². The number of nitrogens with one attached hydrogen (secondary N) is 3. The topological polar surface area (TPSA) is 137 Å². The van der Waals surface area contributed by atoms with Crippen LogP contribution < -0.4 is 16.0 Å². The molecule has 4 rings (SSSR count). The summed E-state index contributed by atoms with van der Waals surface area (Å²) in [6.07, 6.45) is 3.00. The molecule has 2 amide bonds. The zero-order valence-electron chi connectivity index (χ0n) is 20.8. The molecule has 40 heavy (non-hydrogen) atoms. The number of hydrogen-bond donors (Lipinski definition) is 4. The third-order valence-corrected chi connectivity index (χ3v) is 8.38. The van der Waals surface area contributed by atoms with E-state index in [4.69, 9.17) is 23.2 Å². The lowest BCUT2D eigenvalue weighted by Crippen LogP contribution is -2.44. The van der Waals surface area contributed by atoms with Crippen LogP contribution in [0.5, 0.6) is 0 Å². The second-order valence-electron chi connectivity index (χ2n) is 8.64. The van der Waals surface area contributed by atoms with E-state index in [0.29, 0.717) is 27.7 Å². The number of nitrogens with zero attached hydrogens (tertiary/aromatic N) is 1. The van der Waals surface area contributed by atoms with E-state index in [2.05, 4.69) is 20.9 Å². The minimum Gasteiger partial charge on any atom is -0.480 e. The first-order valence-electron chi connectivity index (χ1n) is 12.0. The van der Waals surface area contributed by atoms with Crippen LogP contribution in [0.1, 0.15) is 11.1 Å². The second kappa shape index (κ2) is 12.8. The smallest absolute Gasteiger partial charge is 0.326 e. The van der Waals surface area contributed by atoms with E-state index < -0.39 is 27.9 Å². The van der Waals surface area contributed by atoms with Gasteiger partial charge >= 0.3 is 12.0 Å². The van der Waals surface area contributed by atoms with Gasteiger partial charge in [0.15, 0.2) is 0 Å². The summed E-state index contributed by atoms with van der Waals surface area (Å²) in [4.78, 5) is 28.5. The number of rotatable bonds is 10. The molecule has 9 nitrogen and oxygen atoms in total. The van der Waals surface area contributed by atoms with Crippen LogP contribution in [0.2, 0.25) is 10.0 Å². The molecule has 1 heterocycles. The van der Waals surface area contributed by atoms with E-state index in [1.165, 1.54) is 42.7 Å². The molecule has 3 aromatic carbocycles. The minimum absolute atomic E-state index is 0.00496. The van der Waals surface area contributed by atoms with Gasteiger partial charge in [0.05, 0.1) is 25.5 Å². The summed E-state index contributed by atoms with van der Waals surface area (Å²) in [5.41, 5.74) is 2.13. The lowest BCUT2D eigenvalue weighted by molar-refractivity contribution is -0.139. The number of carbonyl (C=O) groups excluding carboxylic acids is 1. The van der Waals surface area contributed by atoms with E-state index in [1.807, 2.05) is 0 Å². The summed E-state index contributed by atoms with van der Waals surface area (Å²) in [6.45, 7) is 0.362. The van der Waals surface area contributed by atoms with Crippen molar-refractivity contribution in [2.75, 3.05) is 10.6 Å². The largest absolute Gasteiger partial charge is 0.480 e.